The van der Waals surface area contributed by atoms with Crippen molar-refractivity contribution in [2.75, 3.05) is 18.1 Å². The summed E-state index contributed by atoms with van der Waals surface area (Å²) in [6.07, 6.45) is 1.73. The van der Waals surface area contributed by atoms with Crippen molar-refractivity contribution in [3.8, 4) is 5.75 Å². The van der Waals surface area contributed by atoms with Gasteiger partial charge in [-0.1, -0.05) is 43.3 Å². The Labute approximate surface area is 191 Å². The highest BCUT2D eigenvalue weighted by Crippen LogP contribution is 2.38. The van der Waals surface area contributed by atoms with Crippen molar-refractivity contribution in [3.05, 3.63) is 87.7 Å². The summed E-state index contributed by atoms with van der Waals surface area (Å²) in [5.41, 5.74) is 4.02. The van der Waals surface area contributed by atoms with E-state index in [9.17, 15) is 9.59 Å². The second-order valence-electron chi connectivity index (χ2n) is 7.93. The maximum atomic E-state index is 13.7. The maximum absolute atomic E-state index is 13.7. The number of benzene rings is 2. The lowest BCUT2D eigenvalue weighted by Crippen LogP contribution is -2.37. The summed E-state index contributed by atoms with van der Waals surface area (Å²) >= 11 is 1.48. The molecule has 0 saturated heterocycles. The number of fused-ring (bicyclic) bond motifs is 1. The molecule has 2 aliphatic rings. The van der Waals surface area contributed by atoms with Gasteiger partial charge in [-0.2, -0.15) is 0 Å². The van der Waals surface area contributed by atoms with Gasteiger partial charge < -0.3 is 9.64 Å². The third-order valence-corrected chi connectivity index (χ3v) is 6.71. The summed E-state index contributed by atoms with van der Waals surface area (Å²) < 4.78 is 5.74. The number of carbonyl (C=O) groups excluding carboxylic acids is 2. The lowest BCUT2D eigenvalue weighted by molar-refractivity contribution is -0.120. The first-order valence-corrected chi connectivity index (χ1v) is 11.8. The van der Waals surface area contributed by atoms with Crippen molar-refractivity contribution in [2.45, 2.75) is 26.3 Å². The fourth-order valence-corrected chi connectivity index (χ4v) is 5.07. The zero-order chi connectivity index (χ0) is 22.1. The first-order chi connectivity index (χ1) is 15.7. The van der Waals surface area contributed by atoms with E-state index in [1.165, 1.54) is 27.4 Å². The van der Waals surface area contributed by atoms with Gasteiger partial charge >= 0.3 is 0 Å². The minimum Gasteiger partial charge on any atom is -0.494 e. The number of thiophene rings is 1. The van der Waals surface area contributed by atoms with Crippen molar-refractivity contribution in [2.24, 2.45) is 0 Å². The third kappa shape index (κ3) is 3.60. The van der Waals surface area contributed by atoms with Gasteiger partial charge in [0.1, 0.15) is 11.4 Å². The Balaban J connectivity index is 1.54. The topological polar surface area (TPSA) is 49.9 Å². The van der Waals surface area contributed by atoms with E-state index in [0.29, 0.717) is 42.4 Å². The zero-order valence-electron chi connectivity index (χ0n) is 17.9. The van der Waals surface area contributed by atoms with Crippen LogP contribution in [0.3, 0.4) is 0 Å². The van der Waals surface area contributed by atoms with E-state index >= 15 is 0 Å². The van der Waals surface area contributed by atoms with Gasteiger partial charge in [0.25, 0.3) is 11.8 Å². The fraction of sp³-hybridized carbons (Fsp3) is 0.231. The molecule has 0 bridgehead atoms. The molecule has 6 heteroatoms. The second-order valence-corrected chi connectivity index (χ2v) is 8.88. The van der Waals surface area contributed by atoms with Crippen LogP contribution in [0.4, 0.5) is 5.69 Å². The molecule has 0 unspecified atom stereocenters. The Kier molecular flexibility index (Phi) is 5.53. The lowest BCUT2D eigenvalue weighted by Gasteiger charge is -2.31. The van der Waals surface area contributed by atoms with Gasteiger partial charge in [-0.3, -0.25) is 9.59 Å². The monoisotopic (exact) mass is 444 g/mol. The molecule has 1 aromatic heterocycles. The van der Waals surface area contributed by atoms with E-state index in [-0.39, 0.29) is 11.8 Å². The van der Waals surface area contributed by atoms with Gasteiger partial charge in [-0.15, -0.1) is 11.3 Å². The molecule has 0 N–H and O–H groups in total. The standard InChI is InChI=1S/C26H24N2O3S/c1-2-14-31-21-10-5-9-20(16-21)28-25(29)23(22-11-6-15-32-22)24(26(28)30)27-13-12-18-7-3-4-8-19(18)17-27/h3-11,15-16H,2,12-14,17H2,1H3. The number of hydrogen-bond acceptors (Lipinski definition) is 5. The summed E-state index contributed by atoms with van der Waals surface area (Å²) in [4.78, 5) is 31.5. The number of nitrogens with zero attached hydrogens (tertiary/aromatic N) is 2. The molecule has 5 nitrogen and oxygen atoms in total. The first-order valence-electron chi connectivity index (χ1n) is 10.9. The summed E-state index contributed by atoms with van der Waals surface area (Å²) in [5, 5.41) is 1.94. The average molecular weight is 445 g/mol. The predicted octanol–water partition coefficient (Wildman–Crippen LogP) is 4.88. The van der Waals surface area contributed by atoms with Crippen LogP contribution < -0.4 is 9.64 Å². The highest BCUT2D eigenvalue weighted by atomic mass is 32.1. The molecule has 2 aliphatic heterocycles. The molecule has 0 fully saturated rings. The molecule has 0 atom stereocenters. The van der Waals surface area contributed by atoms with E-state index in [4.69, 9.17) is 4.74 Å². The molecular weight excluding hydrogens is 420 g/mol. The molecule has 2 aromatic carbocycles. The first kappa shape index (κ1) is 20.5. The van der Waals surface area contributed by atoms with Gasteiger partial charge in [0.05, 0.1) is 17.9 Å². The van der Waals surface area contributed by atoms with Crippen LogP contribution in [0.25, 0.3) is 5.57 Å². The highest BCUT2D eigenvalue weighted by Gasteiger charge is 2.43. The van der Waals surface area contributed by atoms with E-state index in [2.05, 4.69) is 17.0 Å². The largest absolute Gasteiger partial charge is 0.494 e. The van der Waals surface area contributed by atoms with Crippen molar-refractivity contribution < 1.29 is 14.3 Å². The Morgan fingerprint density at radius 3 is 2.59 bits per heavy atom. The maximum Gasteiger partial charge on any atom is 0.282 e. The van der Waals surface area contributed by atoms with Gasteiger partial charge in [-0.05, 0) is 47.5 Å². The highest BCUT2D eigenvalue weighted by molar-refractivity contribution is 7.11. The second kappa shape index (κ2) is 8.63. The van der Waals surface area contributed by atoms with E-state index < -0.39 is 0 Å². The SMILES string of the molecule is CCCOc1cccc(N2C(=O)C(c3cccs3)=C(N3CCc4ccccc4C3)C2=O)c1. The van der Waals surface area contributed by atoms with E-state index in [0.717, 1.165) is 17.7 Å². The Bertz CT molecular complexity index is 1200. The van der Waals surface area contributed by atoms with Crippen LogP contribution in [-0.4, -0.2) is 29.9 Å². The number of anilines is 1. The normalized spacial score (nSPS) is 16.0. The quantitative estimate of drug-likeness (QED) is 0.509. The van der Waals surface area contributed by atoms with Crippen molar-refractivity contribution in [3.63, 3.8) is 0 Å². The van der Waals surface area contributed by atoms with Crippen LogP contribution in [0, 0.1) is 0 Å². The van der Waals surface area contributed by atoms with Crippen LogP contribution >= 0.6 is 11.3 Å². The molecule has 0 radical (unpaired) electrons. The van der Waals surface area contributed by atoms with E-state index in [1.54, 1.807) is 12.1 Å². The van der Waals surface area contributed by atoms with Crippen LogP contribution in [-0.2, 0) is 22.6 Å². The summed E-state index contributed by atoms with van der Waals surface area (Å²) in [7, 11) is 0. The van der Waals surface area contributed by atoms with Crippen molar-refractivity contribution in [1.82, 2.24) is 4.90 Å². The molecule has 0 aliphatic carbocycles. The minimum absolute atomic E-state index is 0.273. The Morgan fingerprint density at radius 1 is 0.969 bits per heavy atom. The van der Waals surface area contributed by atoms with Gasteiger partial charge in [0.2, 0.25) is 0 Å². The van der Waals surface area contributed by atoms with Gasteiger partial charge in [-0.25, -0.2) is 4.90 Å². The summed E-state index contributed by atoms with van der Waals surface area (Å²) in [6, 6.07) is 19.3. The number of amides is 2. The molecule has 0 spiro atoms. The molecular formula is C26H24N2O3S. The van der Waals surface area contributed by atoms with Crippen LogP contribution in [0.1, 0.15) is 29.3 Å². The molecule has 3 aromatic rings. The molecule has 32 heavy (non-hydrogen) atoms. The van der Waals surface area contributed by atoms with Crippen molar-refractivity contribution >= 4 is 34.4 Å². The predicted molar refractivity (Wildman–Crippen MR) is 127 cm³/mol. The van der Waals surface area contributed by atoms with Crippen LogP contribution in [0.15, 0.2) is 71.7 Å². The van der Waals surface area contributed by atoms with Gasteiger partial charge in [0, 0.05) is 24.0 Å². The number of carbonyl (C=O) groups is 2. The molecule has 0 saturated carbocycles. The van der Waals surface area contributed by atoms with Crippen molar-refractivity contribution in [1.29, 1.82) is 0 Å². The summed E-state index contributed by atoms with van der Waals surface area (Å²) in [5.74, 6) is 0.104. The molecule has 162 valence electrons. The third-order valence-electron chi connectivity index (χ3n) is 5.82. The average Bonchev–Trinajstić information content (AvgIpc) is 3.43. The summed E-state index contributed by atoms with van der Waals surface area (Å²) in [6.45, 7) is 3.95. The number of hydrogen-bond donors (Lipinski definition) is 0. The van der Waals surface area contributed by atoms with Crippen LogP contribution in [0.5, 0.6) is 5.75 Å². The van der Waals surface area contributed by atoms with Gasteiger partial charge in [0.15, 0.2) is 0 Å². The lowest BCUT2D eigenvalue weighted by atomic mass is 9.99. The van der Waals surface area contributed by atoms with E-state index in [1.807, 2.05) is 48.7 Å². The Morgan fingerprint density at radius 2 is 1.81 bits per heavy atom. The fourth-order valence-electron chi connectivity index (χ4n) is 4.31. The van der Waals surface area contributed by atoms with Crippen LogP contribution in [0.2, 0.25) is 0 Å². The number of imide groups is 1. The molecule has 2 amide bonds. The number of rotatable bonds is 6. The zero-order valence-corrected chi connectivity index (χ0v) is 18.7. The number of ether oxygens (including phenoxy) is 1. The minimum atomic E-state index is -0.279. The molecule has 3 heterocycles. The molecule has 5 rings (SSSR count). The Hall–Kier alpha value is -3.38. The smallest absolute Gasteiger partial charge is 0.282 e.